The number of likely N-dealkylation sites (tertiary alicyclic amines) is 2. The van der Waals surface area contributed by atoms with Crippen molar-refractivity contribution < 1.29 is 68.1 Å². The maximum absolute atomic E-state index is 14.6. The van der Waals surface area contributed by atoms with Crippen LogP contribution >= 0.6 is 0 Å². The summed E-state index contributed by atoms with van der Waals surface area (Å²) in [6, 6.07) is -4.13. The van der Waals surface area contributed by atoms with Crippen molar-refractivity contribution in [3.05, 3.63) is 35.9 Å². The van der Waals surface area contributed by atoms with Crippen molar-refractivity contribution in [3.8, 4) is 0 Å². The van der Waals surface area contributed by atoms with E-state index in [0.717, 1.165) is 4.90 Å². The van der Waals surface area contributed by atoms with Crippen LogP contribution in [-0.4, -0.2) is 176 Å². The van der Waals surface area contributed by atoms with Gasteiger partial charge in [0.05, 0.1) is 18.6 Å². The van der Waals surface area contributed by atoms with E-state index in [-0.39, 0.29) is 69.4 Å². The first-order valence-corrected chi connectivity index (χ1v) is 27.5. The molecule has 25 nitrogen and oxygen atoms in total. The molecule has 0 aliphatic carbocycles. The van der Waals surface area contributed by atoms with Crippen LogP contribution in [0.3, 0.4) is 0 Å². The van der Waals surface area contributed by atoms with Crippen LogP contribution in [0.25, 0.3) is 0 Å². The number of nitrogens with one attached hydrogen (secondary N) is 7. The lowest BCUT2D eigenvalue weighted by molar-refractivity contribution is -0.146. The summed E-state index contributed by atoms with van der Waals surface area (Å²) in [7, 11) is 0. The number of aliphatic hydroxyl groups excluding tert-OH is 1. The average molecular weight is 1110 g/mol. The molecule has 0 radical (unpaired) electrons. The molecule has 1 aromatic rings. The molecule has 2 aliphatic rings. The lowest BCUT2D eigenvalue weighted by Crippen LogP contribution is -2.62. The van der Waals surface area contributed by atoms with E-state index in [9.17, 15) is 68.1 Å². The minimum Gasteiger partial charge on any atom is -0.481 e. The Morgan fingerprint density at radius 1 is 0.570 bits per heavy atom. The van der Waals surface area contributed by atoms with Gasteiger partial charge in [-0.3, -0.25) is 47.9 Å². The third kappa shape index (κ3) is 21.4. The number of carboxylic acid groups (broad SMARTS) is 2. The molecule has 79 heavy (non-hydrogen) atoms. The highest BCUT2D eigenvalue weighted by Gasteiger charge is 2.43. The van der Waals surface area contributed by atoms with Gasteiger partial charge in [0.1, 0.15) is 54.4 Å². The van der Waals surface area contributed by atoms with Crippen molar-refractivity contribution in [1.29, 1.82) is 0 Å². The zero-order chi connectivity index (χ0) is 59.3. The van der Waals surface area contributed by atoms with Gasteiger partial charge in [-0.05, 0) is 101 Å². The van der Waals surface area contributed by atoms with Crippen molar-refractivity contribution in [1.82, 2.24) is 47.0 Å². The predicted octanol–water partition coefficient (Wildman–Crippen LogP) is -0.841. The van der Waals surface area contributed by atoms with E-state index in [0.29, 0.717) is 44.2 Å². The van der Waals surface area contributed by atoms with Crippen LogP contribution in [0.4, 0.5) is 0 Å². The predicted molar refractivity (Wildman–Crippen MR) is 290 cm³/mol. The molecule has 2 saturated heterocycles. The zero-order valence-corrected chi connectivity index (χ0v) is 47.0. The van der Waals surface area contributed by atoms with Gasteiger partial charge in [0.25, 0.3) is 0 Å². The molecule has 1 aromatic carbocycles. The number of amides is 9. The van der Waals surface area contributed by atoms with E-state index in [1.807, 2.05) is 13.8 Å². The number of hydrogen-bond acceptors (Lipinski definition) is 14. The monoisotopic (exact) mass is 1110 g/mol. The van der Waals surface area contributed by atoms with Crippen LogP contribution in [0.1, 0.15) is 132 Å². The lowest BCUT2D eigenvalue weighted by Gasteiger charge is -2.32. The second-order valence-corrected chi connectivity index (χ2v) is 22.0. The van der Waals surface area contributed by atoms with E-state index in [4.69, 9.17) is 11.5 Å². The third-order valence-electron chi connectivity index (χ3n) is 13.7. The molecule has 0 bridgehead atoms. The number of aliphatic hydroxyl groups is 1. The number of carboxylic acids is 2. The zero-order valence-electron chi connectivity index (χ0n) is 47.0. The molecule has 2 heterocycles. The number of benzene rings is 1. The average Bonchev–Trinajstić information content (AvgIpc) is 4.14. The Bertz CT molecular complexity index is 2270. The maximum Gasteiger partial charge on any atom is 0.326 e. The summed E-state index contributed by atoms with van der Waals surface area (Å²) in [5.41, 5.74) is 12.4. The van der Waals surface area contributed by atoms with Gasteiger partial charge in [0.2, 0.25) is 53.2 Å². The Kier molecular flexibility index (Phi) is 27.3. The number of aliphatic carboxylic acids is 2. The summed E-state index contributed by atoms with van der Waals surface area (Å²) >= 11 is 0. The summed E-state index contributed by atoms with van der Waals surface area (Å²) in [6.45, 7) is 13.9. The van der Waals surface area contributed by atoms with Gasteiger partial charge in [0, 0.05) is 19.5 Å². The van der Waals surface area contributed by atoms with Gasteiger partial charge in [-0.2, -0.15) is 0 Å². The summed E-state index contributed by atoms with van der Waals surface area (Å²) in [4.78, 5) is 151. The Labute approximate surface area is 462 Å². The first kappa shape index (κ1) is 66.5. The van der Waals surface area contributed by atoms with E-state index >= 15 is 0 Å². The Morgan fingerprint density at radius 3 is 1.54 bits per heavy atom. The fourth-order valence-corrected chi connectivity index (χ4v) is 9.56. The van der Waals surface area contributed by atoms with E-state index < -0.39 is 138 Å². The smallest absolute Gasteiger partial charge is 0.326 e. The molecule has 0 aromatic heterocycles. The van der Waals surface area contributed by atoms with Crippen molar-refractivity contribution in [2.24, 2.45) is 29.2 Å². The summed E-state index contributed by atoms with van der Waals surface area (Å²) < 4.78 is 0. The molecule has 9 amide bonds. The van der Waals surface area contributed by atoms with Gasteiger partial charge in [0.15, 0.2) is 0 Å². The molecular formula is C54H87N11O14. The molecule has 2 fully saturated rings. The van der Waals surface area contributed by atoms with Gasteiger partial charge < -0.3 is 73.8 Å². The van der Waals surface area contributed by atoms with E-state index in [1.165, 1.54) is 18.7 Å². The third-order valence-corrected chi connectivity index (χ3v) is 13.7. The highest BCUT2D eigenvalue weighted by molar-refractivity contribution is 5.99. The number of carbonyl (C=O) groups is 11. The molecule has 11 atom stereocenters. The molecule has 14 N–H and O–H groups in total. The number of unbranched alkanes of at least 4 members (excludes halogenated alkanes) is 1. The fraction of sp³-hybridized carbons (Fsp3) is 0.685. The standard InChI is InChI=1S/C54H87N11O14/c1-29(2)24-36(47(71)57-32(7)45(69)62-40(54(78)79)26-31(5)6)59-51(75)42-20-15-23-65(42)53(77)44(33(8)66)63-49(73)38(28-43(67)68)60-50(74)41-19-14-22-64(41)52(76)39(27-34-16-10-9-11-17-34)61-48(72)37(25-30(3)4)58-46(70)35(56)18-12-13-21-55/h9-11,16-17,29-33,35-42,44,66H,12-15,18-28,55-56H2,1-8H3,(H,57,71)(H,58,70)(H,59,75)(H,60,74)(H,61,72)(H,62,69)(H,63,73)(H,67,68)(H,78,79)/t32-,33+,35-,36-,37-,38-,39-,40-,41-,42-,44-/m0/s1. The van der Waals surface area contributed by atoms with Crippen LogP contribution in [-0.2, 0) is 59.2 Å². The van der Waals surface area contributed by atoms with Crippen molar-refractivity contribution in [2.45, 2.75) is 199 Å². The molecular weight excluding hydrogens is 1030 g/mol. The molecule has 0 unspecified atom stereocenters. The fourth-order valence-electron chi connectivity index (χ4n) is 9.56. The molecule has 2 aliphatic heterocycles. The number of rotatable bonds is 32. The van der Waals surface area contributed by atoms with Crippen LogP contribution in [0.15, 0.2) is 30.3 Å². The number of hydrogen-bond donors (Lipinski definition) is 12. The quantitative estimate of drug-likeness (QED) is 0.0392. The van der Waals surface area contributed by atoms with Crippen molar-refractivity contribution in [2.75, 3.05) is 19.6 Å². The second-order valence-electron chi connectivity index (χ2n) is 22.0. The first-order valence-electron chi connectivity index (χ1n) is 27.5. The summed E-state index contributed by atoms with van der Waals surface area (Å²) in [5.74, 6) is -10.2. The molecule has 0 spiro atoms. The highest BCUT2D eigenvalue weighted by Crippen LogP contribution is 2.23. The molecule has 0 saturated carbocycles. The summed E-state index contributed by atoms with van der Waals surface area (Å²) in [6.07, 6.45) is 0.255. The van der Waals surface area contributed by atoms with Crippen molar-refractivity contribution in [3.63, 3.8) is 0 Å². The van der Waals surface area contributed by atoms with Gasteiger partial charge in [-0.25, -0.2) is 4.79 Å². The SMILES string of the molecule is CC(C)C[C@H](NC(=O)[C@H](C)NC(=O)[C@H](CC(C)C)NC(=O)[C@@H]1CCCN1C(=O)[C@@H](NC(=O)[C@H](CC(=O)O)NC(=O)[C@@H]1CCCN1C(=O)[C@H](Cc1ccccc1)NC(=O)[C@H](CC(C)C)NC(=O)[C@@H](N)CCCCN)[C@@H](C)O)C(=O)O. The van der Waals surface area contributed by atoms with Gasteiger partial charge >= 0.3 is 11.9 Å². The minimum absolute atomic E-state index is 0.0145. The largest absolute Gasteiger partial charge is 0.481 e. The summed E-state index contributed by atoms with van der Waals surface area (Å²) in [5, 5.41) is 48.4. The van der Waals surface area contributed by atoms with E-state index in [1.54, 1.807) is 58.0 Å². The normalized spacial score (nSPS) is 18.7. The van der Waals surface area contributed by atoms with Gasteiger partial charge in [-0.1, -0.05) is 78.3 Å². The molecule has 25 heteroatoms. The topological polar surface area (TPSA) is 391 Å². The van der Waals surface area contributed by atoms with Crippen LogP contribution in [0.2, 0.25) is 0 Å². The van der Waals surface area contributed by atoms with Crippen LogP contribution < -0.4 is 48.7 Å². The number of carbonyl (C=O) groups excluding carboxylic acids is 9. The molecule has 3 rings (SSSR count). The highest BCUT2D eigenvalue weighted by atomic mass is 16.4. The van der Waals surface area contributed by atoms with Crippen LogP contribution in [0.5, 0.6) is 0 Å². The Morgan fingerprint density at radius 2 is 1.04 bits per heavy atom. The second kappa shape index (κ2) is 32.4. The van der Waals surface area contributed by atoms with Crippen molar-refractivity contribution >= 4 is 65.1 Å². The molecule has 442 valence electrons. The van der Waals surface area contributed by atoms with Crippen LogP contribution in [0, 0.1) is 17.8 Å². The maximum atomic E-state index is 14.6. The Hall–Kier alpha value is -6.73. The number of nitrogens with two attached hydrogens (primary N) is 2. The Balaban J connectivity index is 1.81. The van der Waals surface area contributed by atoms with Gasteiger partial charge in [-0.15, -0.1) is 0 Å². The lowest BCUT2D eigenvalue weighted by atomic mass is 10.00. The first-order chi connectivity index (χ1) is 37.1. The minimum atomic E-state index is -1.85. The van der Waals surface area contributed by atoms with E-state index in [2.05, 4.69) is 37.2 Å². The number of nitrogens with zero attached hydrogens (tertiary/aromatic N) is 2.